The van der Waals surface area contributed by atoms with Gasteiger partial charge in [0.25, 0.3) is 22.3 Å². The fourth-order valence-electron chi connectivity index (χ4n) is 2.58. The van der Waals surface area contributed by atoms with Crippen molar-refractivity contribution in [1.82, 2.24) is 4.98 Å². The molecule has 29 heavy (non-hydrogen) atoms. The van der Waals surface area contributed by atoms with Crippen LogP contribution in [0.25, 0.3) is 10.8 Å². The molecule has 6 nitrogen and oxygen atoms in total. The van der Waals surface area contributed by atoms with Gasteiger partial charge in [-0.05, 0) is 23.6 Å². The van der Waals surface area contributed by atoms with Crippen LogP contribution in [0.2, 0.25) is 5.02 Å². The Balaban J connectivity index is 2.01. The van der Waals surface area contributed by atoms with Gasteiger partial charge in [-0.25, -0.2) is 21.6 Å². The lowest BCUT2D eigenvalue weighted by Gasteiger charge is -2.14. The maximum absolute atomic E-state index is 14.2. The van der Waals surface area contributed by atoms with Crippen LogP contribution in [0.5, 0.6) is 11.8 Å². The van der Waals surface area contributed by atoms with Gasteiger partial charge in [0.15, 0.2) is 12.4 Å². The number of aromatic nitrogens is 1. The van der Waals surface area contributed by atoms with E-state index in [-0.39, 0.29) is 16.5 Å². The monoisotopic (exact) mass is 446 g/mol. The van der Waals surface area contributed by atoms with E-state index in [1.165, 1.54) is 12.1 Å². The molecule has 0 saturated heterocycles. The summed E-state index contributed by atoms with van der Waals surface area (Å²) in [5.41, 5.74) is -0.326. The number of nitrogens with one attached hydrogen (secondary N) is 1. The third-order valence-corrected chi connectivity index (χ3v) is 5.45. The van der Waals surface area contributed by atoms with Gasteiger partial charge in [-0.2, -0.15) is 4.98 Å². The fourth-order valence-corrected chi connectivity index (χ4v) is 4.02. The Labute approximate surface area is 169 Å². The molecule has 0 atom stereocenters. The Morgan fingerprint density at radius 1 is 1.17 bits per heavy atom. The van der Waals surface area contributed by atoms with Crippen LogP contribution in [0.15, 0.2) is 47.4 Å². The van der Waals surface area contributed by atoms with Gasteiger partial charge < -0.3 is 9.47 Å². The van der Waals surface area contributed by atoms with Gasteiger partial charge in [-0.15, -0.1) is 0 Å². The van der Waals surface area contributed by atoms with E-state index >= 15 is 0 Å². The molecular formula is C18H14ClF3N2O4S. The van der Waals surface area contributed by atoms with Crippen LogP contribution in [0, 0.1) is 5.82 Å². The zero-order valence-corrected chi connectivity index (χ0v) is 16.4. The minimum absolute atomic E-state index is 0.0991. The molecule has 3 rings (SSSR count). The lowest BCUT2D eigenvalue weighted by Crippen LogP contribution is -2.15. The van der Waals surface area contributed by atoms with E-state index in [1.54, 1.807) is 24.3 Å². The number of anilines is 1. The van der Waals surface area contributed by atoms with Crippen LogP contribution in [0.3, 0.4) is 0 Å². The first-order valence-corrected chi connectivity index (χ1v) is 9.94. The number of halogens is 4. The first-order chi connectivity index (χ1) is 13.7. The molecule has 3 aromatic rings. The van der Waals surface area contributed by atoms with Gasteiger partial charge in [0, 0.05) is 16.5 Å². The molecule has 0 saturated carbocycles. The number of pyridine rings is 1. The number of fused-ring (bicyclic) bond motifs is 1. The highest BCUT2D eigenvalue weighted by molar-refractivity contribution is 7.93. The molecule has 0 aliphatic carbocycles. The van der Waals surface area contributed by atoms with Crippen LogP contribution < -0.4 is 14.2 Å². The maximum atomic E-state index is 14.2. The molecule has 0 fully saturated rings. The van der Waals surface area contributed by atoms with Gasteiger partial charge >= 0.3 is 0 Å². The van der Waals surface area contributed by atoms with Crippen LogP contribution >= 0.6 is 11.6 Å². The minimum Gasteiger partial charge on any atom is -0.479 e. The summed E-state index contributed by atoms with van der Waals surface area (Å²) in [5.74, 6) is -2.22. The second-order valence-corrected chi connectivity index (χ2v) is 7.85. The molecule has 0 radical (unpaired) electrons. The van der Waals surface area contributed by atoms with Gasteiger partial charge in [0.05, 0.1) is 12.0 Å². The van der Waals surface area contributed by atoms with Crippen molar-refractivity contribution < 1.29 is 31.1 Å². The fraction of sp³-hybridized carbons (Fsp3) is 0.167. The molecule has 0 aliphatic rings. The van der Waals surface area contributed by atoms with Crippen LogP contribution in [0.1, 0.15) is 0 Å². The topological polar surface area (TPSA) is 77.5 Å². The van der Waals surface area contributed by atoms with E-state index in [0.717, 1.165) is 13.2 Å². The van der Waals surface area contributed by atoms with Crippen molar-refractivity contribution in [3.05, 3.63) is 53.3 Å². The van der Waals surface area contributed by atoms with Gasteiger partial charge in [-0.1, -0.05) is 29.8 Å². The predicted octanol–water partition coefficient (Wildman–Crippen LogP) is 4.48. The highest BCUT2D eigenvalue weighted by atomic mass is 35.5. The molecule has 0 spiro atoms. The third-order valence-electron chi connectivity index (χ3n) is 3.79. The van der Waals surface area contributed by atoms with Crippen molar-refractivity contribution >= 4 is 38.1 Å². The smallest absolute Gasteiger partial charge is 0.272 e. The second-order valence-electron chi connectivity index (χ2n) is 5.76. The molecule has 0 amide bonds. The molecule has 11 heteroatoms. The number of ether oxygens (including phenoxy) is 2. The summed E-state index contributed by atoms with van der Waals surface area (Å²) in [6.07, 6.45) is -2.83. The van der Waals surface area contributed by atoms with E-state index in [4.69, 9.17) is 16.3 Å². The van der Waals surface area contributed by atoms with E-state index in [1.807, 2.05) is 0 Å². The highest BCUT2D eigenvalue weighted by Crippen LogP contribution is 2.32. The molecule has 1 N–H and O–H groups in total. The van der Waals surface area contributed by atoms with E-state index in [9.17, 15) is 21.6 Å². The highest BCUT2D eigenvalue weighted by Gasteiger charge is 2.22. The van der Waals surface area contributed by atoms with Crippen molar-refractivity contribution in [2.45, 2.75) is 11.3 Å². The number of alkyl halides is 2. The molecular weight excluding hydrogens is 433 g/mol. The van der Waals surface area contributed by atoms with E-state index in [0.29, 0.717) is 15.8 Å². The SMILES string of the molecule is COc1nc(OCC(F)F)c(F)cc1NS(=O)(=O)c1cccc2ccc(Cl)cc12. The van der Waals surface area contributed by atoms with Crippen molar-refractivity contribution in [2.75, 3.05) is 18.4 Å². The largest absolute Gasteiger partial charge is 0.479 e. The summed E-state index contributed by atoms with van der Waals surface area (Å²) in [5, 5.41) is 1.33. The quantitative estimate of drug-likeness (QED) is 0.579. The molecule has 0 aliphatic heterocycles. The van der Waals surface area contributed by atoms with Crippen molar-refractivity contribution in [3.8, 4) is 11.8 Å². The molecule has 2 aromatic carbocycles. The number of hydrogen-bond acceptors (Lipinski definition) is 5. The maximum Gasteiger partial charge on any atom is 0.272 e. The van der Waals surface area contributed by atoms with Crippen LogP contribution in [-0.2, 0) is 10.0 Å². The Bertz CT molecular complexity index is 1160. The zero-order valence-electron chi connectivity index (χ0n) is 14.8. The summed E-state index contributed by atoms with van der Waals surface area (Å²) in [7, 11) is -3.04. The summed E-state index contributed by atoms with van der Waals surface area (Å²) >= 11 is 5.98. The van der Waals surface area contributed by atoms with Crippen molar-refractivity contribution in [1.29, 1.82) is 0 Å². The predicted molar refractivity (Wildman–Crippen MR) is 102 cm³/mol. The summed E-state index contributed by atoms with van der Waals surface area (Å²) in [6, 6.07) is 10.1. The number of rotatable bonds is 7. The number of nitrogens with zero attached hydrogens (tertiary/aromatic N) is 1. The Kier molecular flexibility index (Phi) is 6.04. The van der Waals surface area contributed by atoms with Crippen LogP contribution in [-0.4, -0.2) is 33.5 Å². The Morgan fingerprint density at radius 2 is 1.93 bits per heavy atom. The second kappa shape index (κ2) is 8.34. The normalized spacial score (nSPS) is 11.7. The molecule has 0 bridgehead atoms. The molecule has 0 unspecified atom stereocenters. The number of benzene rings is 2. The van der Waals surface area contributed by atoms with Crippen LogP contribution in [0.4, 0.5) is 18.9 Å². The Morgan fingerprint density at radius 3 is 2.62 bits per heavy atom. The lowest BCUT2D eigenvalue weighted by atomic mass is 10.1. The van der Waals surface area contributed by atoms with E-state index in [2.05, 4.69) is 14.4 Å². The Hall–Kier alpha value is -2.72. The summed E-state index contributed by atoms with van der Waals surface area (Å²) < 4.78 is 76.2. The van der Waals surface area contributed by atoms with Crippen molar-refractivity contribution in [3.63, 3.8) is 0 Å². The first-order valence-electron chi connectivity index (χ1n) is 8.08. The van der Waals surface area contributed by atoms with Gasteiger partial charge in [0.1, 0.15) is 5.69 Å². The summed E-state index contributed by atoms with van der Waals surface area (Å²) in [6.45, 7) is -1.07. The zero-order chi connectivity index (χ0) is 21.2. The number of methoxy groups -OCH3 is 1. The summed E-state index contributed by atoms with van der Waals surface area (Å²) in [4.78, 5) is 3.52. The van der Waals surface area contributed by atoms with E-state index < -0.39 is 34.8 Å². The first kappa shape index (κ1) is 21.0. The average molecular weight is 447 g/mol. The lowest BCUT2D eigenvalue weighted by molar-refractivity contribution is 0.0770. The molecule has 154 valence electrons. The van der Waals surface area contributed by atoms with Gasteiger partial charge in [-0.3, -0.25) is 4.72 Å². The molecule has 1 heterocycles. The minimum atomic E-state index is -4.20. The molecule has 1 aromatic heterocycles. The number of hydrogen-bond donors (Lipinski definition) is 1. The standard InChI is InChI=1S/C18H14ClF3N2O4S/c1-27-18-14(8-13(20)17(23-18)28-9-16(21)22)24-29(25,26)15-4-2-3-10-5-6-11(19)7-12(10)15/h2-8,16,24H,9H2,1H3. The van der Waals surface area contributed by atoms with Crippen molar-refractivity contribution in [2.24, 2.45) is 0 Å². The third kappa shape index (κ3) is 4.65. The van der Waals surface area contributed by atoms with Gasteiger partial charge in [0.2, 0.25) is 5.88 Å². The number of sulfonamides is 1. The average Bonchev–Trinajstić information content (AvgIpc) is 2.66.